The van der Waals surface area contributed by atoms with Gasteiger partial charge in [-0.3, -0.25) is 4.79 Å². The van der Waals surface area contributed by atoms with Crippen LogP contribution >= 0.6 is 0 Å². The van der Waals surface area contributed by atoms with E-state index in [0.29, 0.717) is 6.54 Å². The summed E-state index contributed by atoms with van der Waals surface area (Å²) in [5.74, 6) is -0.760. The van der Waals surface area contributed by atoms with Crippen molar-refractivity contribution in [3.8, 4) is 0 Å². The van der Waals surface area contributed by atoms with Gasteiger partial charge >= 0.3 is 5.97 Å². The van der Waals surface area contributed by atoms with E-state index in [2.05, 4.69) is 38.2 Å². The molecule has 0 spiro atoms. The summed E-state index contributed by atoms with van der Waals surface area (Å²) in [7, 11) is 0. The third kappa shape index (κ3) is 3.66. The van der Waals surface area contributed by atoms with Gasteiger partial charge in [0.15, 0.2) is 0 Å². The van der Waals surface area contributed by atoms with Crippen molar-refractivity contribution in [2.24, 2.45) is 0 Å². The number of carboxylic acid groups (broad SMARTS) is 1. The van der Waals surface area contributed by atoms with Gasteiger partial charge in [-0.15, -0.1) is 0 Å². The summed E-state index contributed by atoms with van der Waals surface area (Å²) in [5.41, 5.74) is 5.08. The van der Waals surface area contributed by atoms with Gasteiger partial charge < -0.3 is 10.4 Å². The molecule has 0 atom stereocenters. The van der Waals surface area contributed by atoms with Gasteiger partial charge in [0.2, 0.25) is 0 Å². The van der Waals surface area contributed by atoms with E-state index >= 15 is 0 Å². The lowest BCUT2D eigenvalue weighted by Crippen LogP contribution is -2.18. The Bertz CT molecular complexity index is 386. The fourth-order valence-electron chi connectivity index (χ4n) is 1.63. The Kier molecular flexibility index (Phi) is 4.50. The van der Waals surface area contributed by atoms with E-state index in [1.165, 1.54) is 22.3 Å². The van der Waals surface area contributed by atoms with Crippen LogP contribution in [0.15, 0.2) is 12.1 Å². The van der Waals surface area contributed by atoms with E-state index in [0.717, 1.165) is 6.54 Å². The van der Waals surface area contributed by atoms with Crippen molar-refractivity contribution >= 4 is 5.97 Å². The number of carboxylic acids is 1. The van der Waals surface area contributed by atoms with E-state index in [4.69, 9.17) is 5.11 Å². The van der Waals surface area contributed by atoms with Crippen LogP contribution < -0.4 is 5.32 Å². The van der Waals surface area contributed by atoms with Gasteiger partial charge in [-0.2, -0.15) is 0 Å². The van der Waals surface area contributed by atoms with Crippen molar-refractivity contribution in [2.75, 3.05) is 6.54 Å². The normalized spacial score (nSPS) is 10.4. The first-order valence-corrected chi connectivity index (χ1v) is 5.50. The molecule has 1 aromatic rings. The highest BCUT2D eigenvalue weighted by molar-refractivity contribution is 5.66. The topological polar surface area (TPSA) is 49.3 Å². The molecule has 0 fully saturated rings. The molecule has 2 N–H and O–H groups in total. The smallest absolute Gasteiger partial charge is 0.304 e. The molecule has 0 amide bonds. The summed E-state index contributed by atoms with van der Waals surface area (Å²) in [6, 6.07) is 4.34. The average Bonchev–Trinajstić information content (AvgIpc) is 2.19. The summed E-state index contributed by atoms with van der Waals surface area (Å²) in [6.45, 7) is 7.53. The molecule has 3 nitrogen and oxygen atoms in total. The number of nitrogens with one attached hydrogen (secondary N) is 1. The minimum atomic E-state index is -0.760. The lowest BCUT2D eigenvalue weighted by atomic mass is 10.0. The van der Waals surface area contributed by atoms with Gasteiger partial charge in [0.25, 0.3) is 0 Å². The molecule has 88 valence electrons. The lowest BCUT2D eigenvalue weighted by Gasteiger charge is -2.10. The third-order valence-corrected chi connectivity index (χ3v) is 2.78. The van der Waals surface area contributed by atoms with Crippen LogP contribution in [0, 0.1) is 20.8 Å². The first-order valence-electron chi connectivity index (χ1n) is 5.50. The van der Waals surface area contributed by atoms with Crippen molar-refractivity contribution < 1.29 is 9.90 Å². The highest BCUT2D eigenvalue weighted by atomic mass is 16.4. The van der Waals surface area contributed by atoms with Crippen molar-refractivity contribution in [1.82, 2.24) is 5.32 Å². The van der Waals surface area contributed by atoms with E-state index < -0.39 is 5.97 Å². The Morgan fingerprint density at radius 1 is 1.19 bits per heavy atom. The Morgan fingerprint density at radius 3 is 2.44 bits per heavy atom. The number of aliphatic carboxylic acids is 1. The predicted octanol–water partition coefficient (Wildman–Crippen LogP) is 2.18. The second-order valence-electron chi connectivity index (χ2n) is 4.18. The Labute approximate surface area is 96.5 Å². The largest absolute Gasteiger partial charge is 0.481 e. The second kappa shape index (κ2) is 5.66. The Hall–Kier alpha value is -1.35. The van der Waals surface area contributed by atoms with E-state index in [1.807, 2.05) is 0 Å². The minimum Gasteiger partial charge on any atom is -0.481 e. The molecule has 0 aromatic heterocycles. The molecule has 0 aliphatic heterocycles. The van der Waals surface area contributed by atoms with Crippen molar-refractivity contribution in [3.63, 3.8) is 0 Å². The van der Waals surface area contributed by atoms with Gasteiger partial charge in [0.1, 0.15) is 0 Å². The van der Waals surface area contributed by atoms with Crippen LogP contribution in [-0.2, 0) is 11.3 Å². The quantitative estimate of drug-likeness (QED) is 0.749. The van der Waals surface area contributed by atoms with E-state index in [9.17, 15) is 4.79 Å². The SMILES string of the molecule is Cc1cc(C)c(CNCCC(=O)O)cc1C. The van der Waals surface area contributed by atoms with Crippen LogP contribution in [0.5, 0.6) is 0 Å². The van der Waals surface area contributed by atoms with E-state index in [1.54, 1.807) is 0 Å². The first-order chi connectivity index (χ1) is 7.50. The van der Waals surface area contributed by atoms with Gasteiger partial charge in [-0.1, -0.05) is 12.1 Å². The summed E-state index contributed by atoms with van der Waals surface area (Å²) < 4.78 is 0. The van der Waals surface area contributed by atoms with E-state index in [-0.39, 0.29) is 6.42 Å². The zero-order valence-electron chi connectivity index (χ0n) is 10.1. The highest BCUT2D eigenvalue weighted by Gasteiger charge is 2.02. The number of aryl methyl sites for hydroxylation is 3. The van der Waals surface area contributed by atoms with Crippen molar-refractivity contribution in [3.05, 3.63) is 34.4 Å². The van der Waals surface area contributed by atoms with Crippen molar-refractivity contribution in [1.29, 1.82) is 0 Å². The molecule has 0 saturated carbocycles. The van der Waals surface area contributed by atoms with Gasteiger partial charge in [0, 0.05) is 13.1 Å². The molecule has 1 rings (SSSR count). The van der Waals surface area contributed by atoms with Gasteiger partial charge in [-0.05, 0) is 43.0 Å². The van der Waals surface area contributed by atoms with Crippen LogP contribution in [0.4, 0.5) is 0 Å². The highest BCUT2D eigenvalue weighted by Crippen LogP contribution is 2.14. The van der Waals surface area contributed by atoms with Gasteiger partial charge in [0.05, 0.1) is 6.42 Å². The number of rotatable bonds is 5. The summed E-state index contributed by atoms with van der Waals surface area (Å²) in [6.07, 6.45) is 0.171. The Balaban J connectivity index is 2.54. The molecule has 0 aliphatic rings. The zero-order valence-corrected chi connectivity index (χ0v) is 10.1. The fraction of sp³-hybridized carbons (Fsp3) is 0.462. The Morgan fingerprint density at radius 2 is 1.81 bits per heavy atom. The maximum absolute atomic E-state index is 10.3. The molecule has 0 saturated heterocycles. The number of carbonyl (C=O) groups is 1. The number of benzene rings is 1. The average molecular weight is 221 g/mol. The zero-order chi connectivity index (χ0) is 12.1. The molecule has 0 aliphatic carbocycles. The summed E-state index contributed by atoms with van der Waals surface area (Å²) >= 11 is 0. The molecule has 0 bridgehead atoms. The van der Waals surface area contributed by atoms with Crippen LogP contribution in [0.2, 0.25) is 0 Å². The van der Waals surface area contributed by atoms with Crippen LogP contribution in [0.25, 0.3) is 0 Å². The fourth-order valence-corrected chi connectivity index (χ4v) is 1.63. The summed E-state index contributed by atoms with van der Waals surface area (Å²) in [4.78, 5) is 10.3. The molecule has 0 unspecified atom stereocenters. The lowest BCUT2D eigenvalue weighted by molar-refractivity contribution is -0.136. The van der Waals surface area contributed by atoms with Crippen LogP contribution in [0.3, 0.4) is 0 Å². The molecule has 0 heterocycles. The molecule has 1 aromatic carbocycles. The first kappa shape index (κ1) is 12.7. The maximum atomic E-state index is 10.3. The monoisotopic (exact) mass is 221 g/mol. The minimum absolute atomic E-state index is 0.171. The molecular weight excluding hydrogens is 202 g/mol. The second-order valence-corrected chi connectivity index (χ2v) is 4.18. The van der Waals surface area contributed by atoms with Crippen molar-refractivity contribution in [2.45, 2.75) is 33.7 Å². The van der Waals surface area contributed by atoms with Crippen LogP contribution in [-0.4, -0.2) is 17.6 Å². The molecular formula is C13H19NO2. The summed E-state index contributed by atoms with van der Waals surface area (Å²) in [5, 5.41) is 11.6. The predicted molar refractivity (Wildman–Crippen MR) is 64.6 cm³/mol. The number of hydrogen-bond donors (Lipinski definition) is 2. The standard InChI is InChI=1S/C13H19NO2/c1-9-6-11(3)12(7-10(9)2)8-14-5-4-13(15)16/h6-7,14H,4-5,8H2,1-3H3,(H,15,16). The van der Waals surface area contributed by atoms with Gasteiger partial charge in [-0.25, -0.2) is 0 Å². The third-order valence-electron chi connectivity index (χ3n) is 2.78. The molecule has 3 heteroatoms. The maximum Gasteiger partial charge on any atom is 0.304 e. The molecule has 16 heavy (non-hydrogen) atoms. The number of hydrogen-bond acceptors (Lipinski definition) is 2. The van der Waals surface area contributed by atoms with Crippen LogP contribution in [0.1, 0.15) is 28.7 Å². The molecule has 0 radical (unpaired) electrons.